The maximum Gasteiger partial charge on any atom is 0.320 e. The van der Waals surface area contributed by atoms with Crippen LogP contribution in [0.2, 0.25) is 0 Å². The van der Waals surface area contributed by atoms with Gasteiger partial charge in [0.15, 0.2) is 0 Å². The summed E-state index contributed by atoms with van der Waals surface area (Å²) in [5, 5.41) is 4.97. The number of carbonyl (C=O) groups excluding carboxylic acids is 1. The third kappa shape index (κ3) is 2.72. The second-order valence-electron chi connectivity index (χ2n) is 2.46. The average Bonchev–Trinajstić information content (AvgIpc) is 2.19. The molecule has 0 atom stereocenters. The van der Waals surface area contributed by atoms with E-state index < -0.39 is 0 Å². The SMILES string of the molecule is CNC(=O)Nc1ccc(CN)cn1. The quantitative estimate of drug-likeness (QED) is 0.612. The van der Waals surface area contributed by atoms with Crippen molar-refractivity contribution in [1.29, 1.82) is 0 Å². The Balaban J connectivity index is 2.64. The molecule has 0 saturated heterocycles. The molecule has 5 nitrogen and oxygen atoms in total. The summed E-state index contributed by atoms with van der Waals surface area (Å²) in [6, 6.07) is 3.24. The van der Waals surface area contributed by atoms with E-state index in [1.165, 1.54) is 0 Å². The molecule has 1 aromatic rings. The van der Waals surface area contributed by atoms with Gasteiger partial charge in [0.25, 0.3) is 0 Å². The fraction of sp³-hybridized carbons (Fsp3) is 0.250. The summed E-state index contributed by atoms with van der Waals surface area (Å²) in [6.07, 6.45) is 1.63. The highest BCUT2D eigenvalue weighted by atomic mass is 16.2. The first-order chi connectivity index (χ1) is 6.26. The van der Waals surface area contributed by atoms with Crippen molar-refractivity contribution in [2.45, 2.75) is 6.54 Å². The summed E-state index contributed by atoms with van der Waals surface area (Å²) < 4.78 is 0. The molecule has 0 aliphatic rings. The van der Waals surface area contributed by atoms with Crippen molar-refractivity contribution in [2.75, 3.05) is 12.4 Å². The van der Waals surface area contributed by atoms with Crippen LogP contribution in [0, 0.1) is 0 Å². The molecule has 0 saturated carbocycles. The number of hydrogen-bond acceptors (Lipinski definition) is 3. The normalized spacial score (nSPS) is 9.38. The van der Waals surface area contributed by atoms with Crippen LogP contribution in [0.25, 0.3) is 0 Å². The van der Waals surface area contributed by atoms with Crippen LogP contribution >= 0.6 is 0 Å². The molecule has 1 heterocycles. The molecule has 0 bridgehead atoms. The summed E-state index contributed by atoms with van der Waals surface area (Å²) in [5.41, 5.74) is 6.32. The molecular formula is C8H12N4O. The monoisotopic (exact) mass is 180 g/mol. The number of nitrogens with two attached hydrogens (primary N) is 1. The summed E-state index contributed by atoms with van der Waals surface area (Å²) in [4.78, 5) is 14.8. The Kier molecular flexibility index (Phi) is 3.22. The van der Waals surface area contributed by atoms with Crippen LogP contribution in [-0.4, -0.2) is 18.1 Å². The van der Waals surface area contributed by atoms with Gasteiger partial charge >= 0.3 is 6.03 Å². The summed E-state index contributed by atoms with van der Waals surface area (Å²) in [6.45, 7) is 0.452. The predicted molar refractivity (Wildman–Crippen MR) is 50.2 cm³/mol. The minimum atomic E-state index is -0.284. The Labute approximate surface area is 76.3 Å². The number of nitrogens with one attached hydrogen (secondary N) is 2. The number of aromatic nitrogens is 1. The number of carbonyl (C=O) groups is 1. The maximum absolute atomic E-state index is 10.8. The van der Waals surface area contributed by atoms with E-state index in [1.54, 1.807) is 19.3 Å². The highest BCUT2D eigenvalue weighted by Crippen LogP contribution is 2.03. The van der Waals surface area contributed by atoms with Crippen LogP contribution in [0.4, 0.5) is 10.6 Å². The van der Waals surface area contributed by atoms with E-state index >= 15 is 0 Å². The number of hydrogen-bond donors (Lipinski definition) is 3. The minimum absolute atomic E-state index is 0.284. The van der Waals surface area contributed by atoms with Crippen LogP contribution in [-0.2, 0) is 6.54 Å². The first kappa shape index (κ1) is 9.47. The van der Waals surface area contributed by atoms with E-state index in [-0.39, 0.29) is 6.03 Å². The van der Waals surface area contributed by atoms with Gasteiger partial charge in [0.1, 0.15) is 5.82 Å². The number of rotatable bonds is 2. The number of urea groups is 1. The zero-order valence-corrected chi connectivity index (χ0v) is 7.37. The fourth-order valence-corrected chi connectivity index (χ4v) is 0.798. The second-order valence-corrected chi connectivity index (χ2v) is 2.46. The van der Waals surface area contributed by atoms with Crippen LogP contribution in [0.15, 0.2) is 18.3 Å². The largest absolute Gasteiger partial charge is 0.341 e. The average molecular weight is 180 g/mol. The lowest BCUT2D eigenvalue weighted by molar-refractivity contribution is 0.254. The lowest BCUT2D eigenvalue weighted by Gasteiger charge is -2.03. The molecule has 13 heavy (non-hydrogen) atoms. The van der Waals surface area contributed by atoms with Gasteiger partial charge in [-0.2, -0.15) is 0 Å². The molecule has 2 amide bonds. The molecule has 0 aromatic carbocycles. The maximum atomic E-state index is 10.8. The fourth-order valence-electron chi connectivity index (χ4n) is 0.798. The highest BCUT2D eigenvalue weighted by molar-refractivity contribution is 5.87. The van der Waals surface area contributed by atoms with E-state index in [9.17, 15) is 4.79 Å². The minimum Gasteiger partial charge on any atom is -0.341 e. The Morgan fingerprint density at radius 2 is 2.38 bits per heavy atom. The van der Waals surface area contributed by atoms with Crippen LogP contribution in [0.3, 0.4) is 0 Å². The summed E-state index contributed by atoms with van der Waals surface area (Å²) in [5.74, 6) is 0.511. The Morgan fingerprint density at radius 1 is 1.62 bits per heavy atom. The summed E-state index contributed by atoms with van der Waals surface area (Å²) in [7, 11) is 1.55. The van der Waals surface area contributed by atoms with E-state index in [2.05, 4.69) is 15.6 Å². The Bertz CT molecular complexity index is 283. The molecule has 0 radical (unpaired) electrons. The third-order valence-electron chi connectivity index (χ3n) is 1.53. The molecule has 0 aliphatic carbocycles. The number of anilines is 1. The molecule has 1 rings (SSSR count). The van der Waals surface area contributed by atoms with Crippen molar-refractivity contribution in [3.05, 3.63) is 23.9 Å². The number of pyridine rings is 1. The van der Waals surface area contributed by atoms with E-state index in [0.29, 0.717) is 12.4 Å². The highest BCUT2D eigenvalue weighted by Gasteiger charge is 1.98. The van der Waals surface area contributed by atoms with Crippen LogP contribution < -0.4 is 16.4 Å². The molecule has 0 spiro atoms. The van der Waals surface area contributed by atoms with Gasteiger partial charge in [-0.1, -0.05) is 6.07 Å². The standard InChI is InChI=1S/C8H12N4O/c1-10-8(13)12-7-3-2-6(4-9)5-11-7/h2-3,5H,4,9H2,1H3,(H2,10,11,12,13). The lowest BCUT2D eigenvalue weighted by Crippen LogP contribution is -2.24. The first-order valence-electron chi connectivity index (χ1n) is 3.90. The van der Waals surface area contributed by atoms with E-state index in [0.717, 1.165) is 5.56 Å². The van der Waals surface area contributed by atoms with Crippen molar-refractivity contribution in [1.82, 2.24) is 10.3 Å². The predicted octanol–water partition coefficient (Wildman–Crippen LogP) is 0.292. The number of nitrogens with zero attached hydrogens (tertiary/aromatic N) is 1. The first-order valence-corrected chi connectivity index (χ1v) is 3.90. The van der Waals surface area contributed by atoms with Crippen molar-refractivity contribution < 1.29 is 4.79 Å². The molecule has 1 aromatic heterocycles. The Hall–Kier alpha value is -1.62. The Morgan fingerprint density at radius 3 is 2.85 bits per heavy atom. The molecule has 4 N–H and O–H groups in total. The molecule has 0 fully saturated rings. The smallest absolute Gasteiger partial charge is 0.320 e. The van der Waals surface area contributed by atoms with Gasteiger partial charge in [-0.15, -0.1) is 0 Å². The zero-order chi connectivity index (χ0) is 9.68. The van der Waals surface area contributed by atoms with Gasteiger partial charge < -0.3 is 11.1 Å². The van der Waals surface area contributed by atoms with Crippen molar-refractivity contribution in [3.63, 3.8) is 0 Å². The molecule has 0 unspecified atom stereocenters. The van der Waals surface area contributed by atoms with Crippen LogP contribution in [0.5, 0.6) is 0 Å². The second kappa shape index (κ2) is 4.42. The van der Waals surface area contributed by atoms with Crippen LogP contribution in [0.1, 0.15) is 5.56 Å². The molecule has 5 heteroatoms. The van der Waals surface area contributed by atoms with E-state index in [1.807, 2.05) is 6.07 Å². The molecule has 70 valence electrons. The van der Waals surface area contributed by atoms with Gasteiger partial charge in [-0.05, 0) is 11.6 Å². The van der Waals surface area contributed by atoms with Gasteiger partial charge in [-0.3, -0.25) is 5.32 Å². The van der Waals surface area contributed by atoms with Crippen molar-refractivity contribution in [3.8, 4) is 0 Å². The van der Waals surface area contributed by atoms with E-state index in [4.69, 9.17) is 5.73 Å². The van der Waals surface area contributed by atoms with Crippen molar-refractivity contribution >= 4 is 11.8 Å². The van der Waals surface area contributed by atoms with Gasteiger partial charge in [-0.25, -0.2) is 9.78 Å². The van der Waals surface area contributed by atoms with Gasteiger partial charge in [0.05, 0.1) is 0 Å². The van der Waals surface area contributed by atoms with Crippen molar-refractivity contribution in [2.24, 2.45) is 5.73 Å². The third-order valence-corrected chi connectivity index (χ3v) is 1.53. The van der Waals surface area contributed by atoms with Gasteiger partial charge in [0, 0.05) is 19.8 Å². The number of amides is 2. The zero-order valence-electron chi connectivity index (χ0n) is 7.37. The molecule has 0 aliphatic heterocycles. The topological polar surface area (TPSA) is 80.0 Å². The summed E-state index contributed by atoms with van der Waals surface area (Å²) >= 11 is 0. The van der Waals surface area contributed by atoms with Gasteiger partial charge in [0.2, 0.25) is 0 Å². The molecular weight excluding hydrogens is 168 g/mol. The lowest BCUT2D eigenvalue weighted by atomic mass is 10.3.